The molecule has 0 radical (unpaired) electrons. The van der Waals surface area contributed by atoms with Gasteiger partial charge in [0.1, 0.15) is 0 Å². The van der Waals surface area contributed by atoms with E-state index in [4.69, 9.17) is 5.26 Å². The molecule has 15 heavy (non-hydrogen) atoms. The smallest absolute Gasteiger partial charge is 0.0991 e. The van der Waals surface area contributed by atoms with Crippen LogP contribution in [-0.4, -0.2) is 26.2 Å². The van der Waals surface area contributed by atoms with Crippen molar-refractivity contribution in [2.45, 2.75) is 0 Å². The van der Waals surface area contributed by atoms with Gasteiger partial charge in [0.25, 0.3) is 0 Å². The van der Waals surface area contributed by atoms with Crippen molar-refractivity contribution in [2.24, 2.45) is 0 Å². The Morgan fingerprint density at radius 2 is 1.73 bits per heavy atom. The molecule has 0 saturated carbocycles. The van der Waals surface area contributed by atoms with Crippen LogP contribution in [0.15, 0.2) is 24.3 Å². The largest absolute Gasteiger partial charge is 0.659 e. The molecule has 1 heterocycles. The fourth-order valence-electron chi connectivity index (χ4n) is 1.61. The Bertz CT molecular complexity index is 336. The number of anilines is 1. The fourth-order valence-corrected chi connectivity index (χ4v) is 1.61. The maximum Gasteiger partial charge on any atom is 0.0991 e. The van der Waals surface area contributed by atoms with Gasteiger partial charge in [0.2, 0.25) is 0 Å². The minimum Gasteiger partial charge on any atom is -0.659 e. The normalized spacial score (nSPS) is 15.3. The van der Waals surface area contributed by atoms with Crippen LogP contribution in [0, 0.1) is 11.3 Å². The van der Waals surface area contributed by atoms with Crippen molar-refractivity contribution < 1.29 is 21.1 Å². The topological polar surface area (TPSA) is 41.1 Å². The molecule has 1 aromatic carbocycles. The number of nitrogens with zero attached hydrogens (tertiary/aromatic N) is 3. The first kappa shape index (κ1) is 12.2. The molecule has 0 amide bonds. The number of hydrogen-bond acceptors (Lipinski definition) is 2. The Kier molecular flexibility index (Phi) is 4.81. The average Bonchev–Trinajstić information content (AvgIpc) is 2.30. The Morgan fingerprint density at radius 3 is 2.27 bits per heavy atom. The van der Waals surface area contributed by atoms with Crippen molar-refractivity contribution in [3.05, 3.63) is 35.1 Å². The van der Waals surface area contributed by atoms with Crippen LogP contribution in [0.25, 0.3) is 5.32 Å². The Balaban J connectivity index is 0.00000112. The molecule has 1 aliphatic rings. The van der Waals surface area contributed by atoms with Crippen molar-refractivity contribution in [3.8, 4) is 6.07 Å². The van der Waals surface area contributed by atoms with Gasteiger partial charge in [0, 0.05) is 26.8 Å². The van der Waals surface area contributed by atoms with Gasteiger partial charge in [-0.05, 0) is 37.4 Å². The maximum absolute atomic E-state index is 8.66. The summed E-state index contributed by atoms with van der Waals surface area (Å²) >= 11 is 0. The van der Waals surface area contributed by atoms with E-state index in [-0.39, 0.29) is 21.1 Å². The second-order valence-electron chi connectivity index (χ2n) is 3.32. The number of benzene rings is 1. The first-order valence-corrected chi connectivity index (χ1v) is 4.78. The van der Waals surface area contributed by atoms with E-state index >= 15 is 0 Å². The molecule has 78 valence electrons. The van der Waals surface area contributed by atoms with Gasteiger partial charge in [-0.15, -0.1) is 13.1 Å². The molecule has 4 heteroatoms. The molecule has 0 unspecified atom stereocenters. The molecule has 1 saturated heterocycles. The standard InChI is InChI=1S/C11H12N3.W/c12-9-10-1-3-11(4-2-10)14-7-5-13-6-8-14;/h1-4H,5-8H2;/q-1;. The van der Waals surface area contributed by atoms with Crippen LogP contribution in [0.3, 0.4) is 0 Å². The second-order valence-corrected chi connectivity index (χ2v) is 3.32. The number of rotatable bonds is 1. The molecule has 0 aliphatic carbocycles. The van der Waals surface area contributed by atoms with Crippen molar-refractivity contribution in [3.63, 3.8) is 0 Å². The van der Waals surface area contributed by atoms with Crippen molar-refractivity contribution in [1.82, 2.24) is 0 Å². The molecule has 2 rings (SSSR count). The third-order valence-corrected chi connectivity index (χ3v) is 2.42. The summed E-state index contributed by atoms with van der Waals surface area (Å²) in [5, 5.41) is 13.0. The molecule has 1 aromatic rings. The van der Waals surface area contributed by atoms with Gasteiger partial charge in [0.05, 0.1) is 11.6 Å². The van der Waals surface area contributed by atoms with E-state index in [1.165, 1.54) is 5.69 Å². The molecule has 1 fully saturated rings. The molecule has 0 spiro atoms. The summed E-state index contributed by atoms with van der Waals surface area (Å²) in [4.78, 5) is 2.30. The minimum atomic E-state index is 0. The van der Waals surface area contributed by atoms with Gasteiger partial charge in [-0.2, -0.15) is 5.26 Å². The van der Waals surface area contributed by atoms with Gasteiger partial charge in [-0.25, -0.2) is 0 Å². The predicted octanol–water partition coefficient (Wildman–Crippen LogP) is 1.75. The van der Waals surface area contributed by atoms with Gasteiger partial charge < -0.3 is 10.2 Å². The average molecular weight is 370 g/mol. The van der Waals surface area contributed by atoms with Crippen LogP contribution in [0.2, 0.25) is 0 Å². The fraction of sp³-hybridized carbons (Fsp3) is 0.364. The molecule has 3 nitrogen and oxygen atoms in total. The third-order valence-electron chi connectivity index (χ3n) is 2.42. The number of nitriles is 1. The van der Waals surface area contributed by atoms with Crippen molar-refractivity contribution >= 4 is 5.69 Å². The van der Waals surface area contributed by atoms with E-state index in [9.17, 15) is 0 Å². The van der Waals surface area contributed by atoms with E-state index in [0.29, 0.717) is 0 Å². The minimum absolute atomic E-state index is 0. The summed E-state index contributed by atoms with van der Waals surface area (Å²) in [6.07, 6.45) is 0. The van der Waals surface area contributed by atoms with Crippen LogP contribution < -0.4 is 4.90 Å². The molecule has 0 atom stereocenters. The van der Waals surface area contributed by atoms with Crippen molar-refractivity contribution in [1.29, 1.82) is 5.26 Å². The molecule has 0 aromatic heterocycles. The Hall–Kier alpha value is -0.842. The maximum atomic E-state index is 8.66. The summed E-state index contributed by atoms with van der Waals surface area (Å²) in [6.45, 7) is 3.82. The van der Waals surface area contributed by atoms with E-state index in [2.05, 4.69) is 16.3 Å². The van der Waals surface area contributed by atoms with Gasteiger partial charge >= 0.3 is 0 Å². The van der Waals surface area contributed by atoms with Gasteiger partial charge in [-0.3, -0.25) is 0 Å². The van der Waals surface area contributed by atoms with Gasteiger partial charge in [0.15, 0.2) is 0 Å². The van der Waals surface area contributed by atoms with E-state index in [0.717, 1.165) is 31.7 Å². The third kappa shape index (κ3) is 3.05. The van der Waals surface area contributed by atoms with E-state index < -0.39 is 0 Å². The van der Waals surface area contributed by atoms with Crippen LogP contribution in [0.5, 0.6) is 0 Å². The second kappa shape index (κ2) is 5.90. The molecular weight excluding hydrogens is 358 g/mol. The zero-order valence-corrected chi connectivity index (χ0v) is 11.3. The summed E-state index contributed by atoms with van der Waals surface area (Å²) in [5.74, 6) is 0. The molecular formula is C11H12N3W-. The van der Waals surface area contributed by atoms with Crippen LogP contribution in [0.4, 0.5) is 5.69 Å². The van der Waals surface area contributed by atoms with E-state index in [1.807, 2.05) is 24.3 Å². The zero-order valence-electron chi connectivity index (χ0n) is 8.39. The van der Waals surface area contributed by atoms with Crippen LogP contribution in [-0.2, 0) is 21.1 Å². The predicted molar refractivity (Wildman–Crippen MR) is 56.5 cm³/mol. The monoisotopic (exact) mass is 370 g/mol. The molecule has 0 bridgehead atoms. The quantitative estimate of drug-likeness (QED) is 0.756. The zero-order chi connectivity index (χ0) is 9.80. The summed E-state index contributed by atoms with van der Waals surface area (Å²) < 4.78 is 0. The van der Waals surface area contributed by atoms with Gasteiger partial charge in [-0.1, -0.05) is 0 Å². The Morgan fingerprint density at radius 1 is 1.13 bits per heavy atom. The summed E-state index contributed by atoms with van der Waals surface area (Å²) in [7, 11) is 0. The number of piperazine rings is 1. The summed E-state index contributed by atoms with van der Waals surface area (Å²) in [5.41, 5.74) is 1.91. The first-order chi connectivity index (χ1) is 6.90. The molecule has 1 aliphatic heterocycles. The van der Waals surface area contributed by atoms with Crippen LogP contribution in [0.1, 0.15) is 5.56 Å². The van der Waals surface area contributed by atoms with E-state index in [1.54, 1.807) is 0 Å². The van der Waals surface area contributed by atoms with Crippen LogP contribution >= 0.6 is 0 Å². The summed E-state index contributed by atoms with van der Waals surface area (Å²) in [6, 6.07) is 9.85. The first-order valence-electron chi connectivity index (χ1n) is 4.78. The Labute approximate surface area is 104 Å². The molecule has 0 N–H and O–H groups in total. The SMILES string of the molecule is N#Cc1ccc(N2CC[N-]CC2)cc1.[W]. The number of hydrogen-bond donors (Lipinski definition) is 0. The van der Waals surface area contributed by atoms with Crippen molar-refractivity contribution in [2.75, 3.05) is 31.1 Å².